The summed E-state index contributed by atoms with van der Waals surface area (Å²) in [6.07, 6.45) is 0.865. The van der Waals surface area contributed by atoms with Crippen LogP contribution in [0.4, 0.5) is 0 Å². The van der Waals surface area contributed by atoms with E-state index in [2.05, 4.69) is 30.1 Å². The smallest absolute Gasteiger partial charge is 0.237 e. The average Bonchev–Trinajstić information content (AvgIpc) is 2.42. The van der Waals surface area contributed by atoms with Crippen molar-refractivity contribution in [3.63, 3.8) is 0 Å². The average molecular weight is 271 g/mol. The molecule has 1 aromatic rings. The van der Waals surface area contributed by atoms with E-state index in [1.807, 2.05) is 18.2 Å². The number of benzene rings is 1. The molecule has 106 valence electrons. The molecule has 1 saturated heterocycles. The maximum Gasteiger partial charge on any atom is 0.237 e. The number of carbonyl (C=O) groups is 1. The zero-order valence-electron chi connectivity index (χ0n) is 12.1. The van der Waals surface area contributed by atoms with Gasteiger partial charge in [-0.25, -0.2) is 0 Å². The lowest BCUT2D eigenvalue weighted by atomic mass is 9.99. The Bertz CT molecular complexity index is 519. The Labute approximate surface area is 120 Å². The lowest BCUT2D eigenvalue weighted by molar-refractivity contribution is -0.130. The number of nitrogens with one attached hydrogen (secondary N) is 1. The quantitative estimate of drug-likeness (QED) is 0.910. The minimum absolute atomic E-state index is 0.0607. The second kappa shape index (κ2) is 6.53. The Kier molecular flexibility index (Phi) is 4.75. The molecule has 0 radical (unpaired) electrons. The zero-order valence-corrected chi connectivity index (χ0v) is 12.1. The summed E-state index contributed by atoms with van der Waals surface area (Å²) in [6, 6.07) is 9.72. The SMILES string of the molecule is CC(C)C[C@@H]1C(=O)NCCN1Cc1cccc(C#N)c1. The van der Waals surface area contributed by atoms with Gasteiger partial charge in [-0.3, -0.25) is 9.69 Å². The van der Waals surface area contributed by atoms with Crippen LogP contribution < -0.4 is 5.32 Å². The first kappa shape index (κ1) is 14.5. The van der Waals surface area contributed by atoms with Crippen LogP contribution >= 0.6 is 0 Å². The van der Waals surface area contributed by atoms with Gasteiger partial charge >= 0.3 is 0 Å². The molecular weight excluding hydrogens is 250 g/mol. The van der Waals surface area contributed by atoms with Crippen LogP contribution in [-0.2, 0) is 11.3 Å². The number of nitrogens with zero attached hydrogens (tertiary/aromatic N) is 2. The Morgan fingerprint density at radius 1 is 1.50 bits per heavy atom. The van der Waals surface area contributed by atoms with E-state index >= 15 is 0 Å². The maximum atomic E-state index is 12.0. The molecule has 1 heterocycles. The van der Waals surface area contributed by atoms with Crippen LogP contribution in [0, 0.1) is 17.2 Å². The van der Waals surface area contributed by atoms with Crippen LogP contribution in [-0.4, -0.2) is 29.9 Å². The van der Waals surface area contributed by atoms with Crippen LogP contribution in [0.1, 0.15) is 31.4 Å². The van der Waals surface area contributed by atoms with Gasteiger partial charge in [-0.15, -0.1) is 0 Å². The van der Waals surface area contributed by atoms with E-state index < -0.39 is 0 Å². The van der Waals surface area contributed by atoms with Gasteiger partial charge in [-0.1, -0.05) is 26.0 Å². The maximum absolute atomic E-state index is 12.0. The van der Waals surface area contributed by atoms with Crippen LogP contribution in [0.5, 0.6) is 0 Å². The zero-order chi connectivity index (χ0) is 14.5. The molecule has 0 unspecified atom stereocenters. The molecule has 1 fully saturated rings. The van der Waals surface area contributed by atoms with Crippen LogP contribution in [0.25, 0.3) is 0 Å². The molecule has 1 N–H and O–H groups in total. The number of nitriles is 1. The van der Waals surface area contributed by atoms with Gasteiger partial charge in [-0.2, -0.15) is 5.26 Å². The van der Waals surface area contributed by atoms with Crippen LogP contribution in [0.15, 0.2) is 24.3 Å². The largest absolute Gasteiger partial charge is 0.353 e. The Morgan fingerprint density at radius 3 is 3.00 bits per heavy atom. The summed E-state index contributed by atoms with van der Waals surface area (Å²) in [4.78, 5) is 14.3. The van der Waals surface area contributed by atoms with E-state index in [0.717, 1.165) is 25.1 Å². The summed E-state index contributed by atoms with van der Waals surface area (Å²) in [5, 5.41) is 11.9. The van der Waals surface area contributed by atoms with Crippen LogP contribution in [0.2, 0.25) is 0 Å². The monoisotopic (exact) mass is 271 g/mol. The fraction of sp³-hybridized carbons (Fsp3) is 0.500. The topological polar surface area (TPSA) is 56.1 Å². The second-order valence-corrected chi connectivity index (χ2v) is 5.72. The first-order valence-corrected chi connectivity index (χ1v) is 7.11. The van der Waals surface area contributed by atoms with Crippen molar-refractivity contribution in [1.82, 2.24) is 10.2 Å². The van der Waals surface area contributed by atoms with E-state index in [1.165, 1.54) is 0 Å². The summed E-state index contributed by atoms with van der Waals surface area (Å²) in [5.74, 6) is 0.609. The number of rotatable bonds is 4. The molecule has 1 aliphatic heterocycles. The molecule has 2 rings (SSSR count). The van der Waals surface area contributed by atoms with E-state index in [4.69, 9.17) is 5.26 Å². The van der Waals surface area contributed by atoms with Crippen LogP contribution in [0.3, 0.4) is 0 Å². The highest BCUT2D eigenvalue weighted by molar-refractivity contribution is 5.82. The predicted octanol–water partition coefficient (Wildman–Crippen LogP) is 1.90. The van der Waals surface area contributed by atoms with Crippen molar-refractivity contribution in [2.45, 2.75) is 32.9 Å². The van der Waals surface area contributed by atoms with Gasteiger partial charge in [0.15, 0.2) is 0 Å². The molecule has 1 aliphatic rings. The number of amides is 1. The second-order valence-electron chi connectivity index (χ2n) is 5.72. The molecule has 0 spiro atoms. The van der Waals surface area contributed by atoms with Crippen molar-refractivity contribution in [2.75, 3.05) is 13.1 Å². The van der Waals surface area contributed by atoms with Crippen molar-refractivity contribution in [3.05, 3.63) is 35.4 Å². The fourth-order valence-corrected chi connectivity index (χ4v) is 2.63. The molecule has 4 heteroatoms. The van der Waals surface area contributed by atoms with Gasteiger partial charge in [0.1, 0.15) is 0 Å². The molecule has 1 atom stereocenters. The Morgan fingerprint density at radius 2 is 2.30 bits per heavy atom. The summed E-state index contributed by atoms with van der Waals surface area (Å²) >= 11 is 0. The molecule has 0 bridgehead atoms. The summed E-state index contributed by atoms with van der Waals surface area (Å²) < 4.78 is 0. The Hall–Kier alpha value is -1.86. The number of carbonyl (C=O) groups excluding carboxylic acids is 1. The highest BCUT2D eigenvalue weighted by Gasteiger charge is 2.29. The lowest BCUT2D eigenvalue weighted by Gasteiger charge is -2.36. The molecule has 1 aromatic carbocycles. The standard InChI is InChI=1S/C16H21N3O/c1-12(2)8-15-16(20)18-6-7-19(15)11-14-5-3-4-13(9-14)10-17/h3-5,9,12,15H,6-8,11H2,1-2H3,(H,18,20)/t15-/m1/s1. The summed E-state index contributed by atoms with van der Waals surface area (Å²) in [7, 11) is 0. The number of hydrogen-bond donors (Lipinski definition) is 1. The van der Waals surface area contributed by atoms with Gasteiger partial charge in [0.05, 0.1) is 17.7 Å². The highest BCUT2D eigenvalue weighted by atomic mass is 16.2. The van der Waals surface area contributed by atoms with Crippen molar-refractivity contribution >= 4 is 5.91 Å². The third kappa shape index (κ3) is 3.58. The summed E-state index contributed by atoms with van der Waals surface area (Å²) in [6.45, 7) is 6.55. The van der Waals surface area contributed by atoms with E-state index in [9.17, 15) is 4.79 Å². The highest BCUT2D eigenvalue weighted by Crippen LogP contribution is 2.18. The minimum atomic E-state index is -0.0607. The fourth-order valence-electron chi connectivity index (χ4n) is 2.63. The summed E-state index contributed by atoms with van der Waals surface area (Å²) in [5.41, 5.74) is 1.76. The first-order valence-electron chi connectivity index (χ1n) is 7.11. The van der Waals surface area contributed by atoms with E-state index in [-0.39, 0.29) is 11.9 Å². The molecule has 20 heavy (non-hydrogen) atoms. The van der Waals surface area contributed by atoms with Crippen molar-refractivity contribution in [1.29, 1.82) is 5.26 Å². The van der Waals surface area contributed by atoms with Gasteiger partial charge in [0.25, 0.3) is 0 Å². The van der Waals surface area contributed by atoms with Crippen molar-refractivity contribution < 1.29 is 4.79 Å². The molecule has 4 nitrogen and oxygen atoms in total. The Balaban J connectivity index is 2.12. The van der Waals surface area contributed by atoms with Gasteiger partial charge < -0.3 is 5.32 Å². The lowest BCUT2D eigenvalue weighted by Crippen LogP contribution is -2.55. The van der Waals surface area contributed by atoms with Crippen molar-refractivity contribution in [2.24, 2.45) is 5.92 Å². The molecule has 0 saturated carbocycles. The number of piperazine rings is 1. The molecule has 1 amide bonds. The molecule has 0 aromatic heterocycles. The number of hydrogen-bond acceptors (Lipinski definition) is 3. The van der Waals surface area contributed by atoms with Gasteiger partial charge in [-0.05, 0) is 30.0 Å². The third-order valence-corrected chi connectivity index (χ3v) is 3.58. The third-order valence-electron chi connectivity index (χ3n) is 3.58. The van der Waals surface area contributed by atoms with Gasteiger partial charge in [0.2, 0.25) is 5.91 Å². The molecule has 0 aliphatic carbocycles. The van der Waals surface area contributed by atoms with E-state index in [0.29, 0.717) is 18.0 Å². The van der Waals surface area contributed by atoms with Gasteiger partial charge in [0, 0.05) is 19.6 Å². The minimum Gasteiger partial charge on any atom is -0.353 e. The predicted molar refractivity (Wildman–Crippen MR) is 77.8 cm³/mol. The normalized spacial score (nSPS) is 19.7. The van der Waals surface area contributed by atoms with Crippen molar-refractivity contribution in [3.8, 4) is 6.07 Å². The first-order chi connectivity index (χ1) is 9.60. The molecular formula is C16H21N3O. The van der Waals surface area contributed by atoms with E-state index in [1.54, 1.807) is 6.07 Å².